The van der Waals surface area contributed by atoms with Gasteiger partial charge in [-0.3, -0.25) is 39.0 Å². The number of likely N-dealkylation sites (tertiary alicyclic amines) is 1. The first kappa shape index (κ1) is 45.0. The summed E-state index contributed by atoms with van der Waals surface area (Å²) < 4.78 is 10.0. The minimum absolute atomic E-state index is 0.0401. The molecule has 1 aliphatic carbocycles. The summed E-state index contributed by atoms with van der Waals surface area (Å²) in [5, 5.41) is 28.1. The summed E-state index contributed by atoms with van der Waals surface area (Å²) >= 11 is 13.5. The number of piperidine rings is 1. The van der Waals surface area contributed by atoms with Crippen molar-refractivity contribution in [2.45, 2.75) is 64.7 Å². The van der Waals surface area contributed by atoms with E-state index in [1.165, 1.54) is 4.90 Å². The molecule has 1 atom stereocenters. The van der Waals surface area contributed by atoms with Crippen LogP contribution in [0.2, 0.25) is 10.0 Å². The average molecular weight is 981 g/mol. The van der Waals surface area contributed by atoms with Crippen molar-refractivity contribution in [3.05, 3.63) is 123 Å². The summed E-state index contributed by atoms with van der Waals surface area (Å²) in [6.45, 7) is 9.58. The maximum Gasteiger partial charge on any atom is 0.319 e. The van der Waals surface area contributed by atoms with E-state index in [0.717, 1.165) is 79.4 Å². The van der Waals surface area contributed by atoms with E-state index in [-0.39, 0.29) is 67.3 Å². The van der Waals surface area contributed by atoms with Crippen LogP contribution in [0, 0.1) is 19.3 Å². The van der Waals surface area contributed by atoms with Gasteiger partial charge in [0.25, 0.3) is 11.8 Å². The lowest BCUT2D eigenvalue weighted by Gasteiger charge is -2.59. The Morgan fingerprint density at radius 1 is 0.986 bits per heavy atom. The van der Waals surface area contributed by atoms with Crippen molar-refractivity contribution in [2.75, 3.05) is 25.0 Å². The molecule has 0 bridgehead atoms. The van der Waals surface area contributed by atoms with Crippen molar-refractivity contribution in [1.29, 1.82) is 0 Å². The molecule has 6 amide bonds. The van der Waals surface area contributed by atoms with Crippen molar-refractivity contribution in [1.82, 2.24) is 50.2 Å². The molecule has 1 spiro atoms. The van der Waals surface area contributed by atoms with Crippen LogP contribution in [-0.4, -0.2) is 95.0 Å². The van der Waals surface area contributed by atoms with Crippen LogP contribution >= 0.6 is 23.2 Å². The van der Waals surface area contributed by atoms with E-state index in [1.807, 2.05) is 43.2 Å². The van der Waals surface area contributed by atoms with E-state index in [1.54, 1.807) is 35.2 Å². The highest BCUT2D eigenvalue weighted by molar-refractivity contribution is 6.36. The highest BCUT2D eigenvalue weighted by Gasteiger charge is 2.55. The van der Waals surface area contributed by atoms with Gasteiger partial charge in [-0.15, -0.1) is 0 Å². The smallest absolute Gasteiger partial charge is 0.319 e. The van der Waals surface area contributed by atoms with Gasteiger partial charge in [0, 0.05) is 94.4 Å². The Kier molecular flexibility index (Phi) is 11.0. The molecule has 1 unspecified atom stereocenters. The molecule has 4 aliphatic rings. The molecular weight excluding hydrogens is 934 g/mol. The first-order chi connectivity index (χ1) is 33.6. The van der Waals surface area contributed by atoms with Gasteiger partial charge in [0.1, 0.15) is 24.1 Å². The van der Waals surface area contributed by atoms with E-state index >= 15 is 0 Å². The molecule has 1 saturated carbocycles. The normalized spacial score (nSPS) is 17.4. The number of aryl methyl sites for hydroxylation is 2. The van der Waals surface area contributed by atoms with Gasteiger partial charge in [-0.25, -0.2) is 4.79 Å². The molecule has 4 N–H and O–H groups in total. The van der Waals surface area contributed by atoms with Crippen LogP contribution in [0.15, 0.2) is 85.2 Å². The van der Waals surface area contributed by atoms with Gasteiger partial charge >= 0.3 is 6.03 Å². The third-order valence-electron chi connectivity index (χ3n) is 14.2. The number of anilines is 1. The third-order valence-corrected chi connectivity index (χ3v) is 15.0. The number of aromatic nitrogens is 6. The molecule has 17 nitrogen and oxygen atoms in total. The number of aromatic amines is 1. The number of carbonyl (C=O) groups excluding carboxylic acids is 5. The van der Waals surface area contributed by atoms with Gasteiger partial charge in [0.05, 0.1) is 40.2 Å². The molecule has 3 aliphatic heterocycles. The van der Waals surface area contributed by atoms with Crippen molar-refractivity contribution in [3.8, 4) is 28.1 Å². The minimum atomic E-state index is -0.719. The van der Waals surface area contributed by atoms with Gasteiger partial charge in [-0.05, 0) is 92.3 Å². The number of hydrogen-bond donors (Lipinski definition) is 4. The van der Waals surface area contributed by atoms with Crippen LogP contribution in [0.1, 0.15) is 64.5 Å². The van der Waals surface area contributed by atoms with Gasteiger partial charge in [0.15, 0.2) is 0 Å². The Morgan fingerprint density at radius 3 is 2.60 bits per heavy atom. The fourth-order valence-electron chi connectivity index (χ4n) is 10.7. The average Bonchev–Trinajstić information content (AvgIpc) is 4.09. The minimum Gasteiger partial charge on any atom is -0.487 e. The maximum atomic E-state index is 13.7. The van der Waals surface area contributed by atoms with Gasteiger partial charge in [-0.2, -0.15) is 15.3 Å². The predicted octanol–water partition coefficient (Wildman–Crippen LogP) is 7.79. The van der Waals surface area contributed by atoms with Crippen LogP contribution in [0.4, 0.5) is 10.5 Å². The first-order valence-corrected chi connectivity index (χ1v) is 23.7. The largest absolute Gasteiger partial charge is 0.487 e. The summed E-state index contributed by atoms with van der Waals surface area (Å²) in [7, 11) is 1.93. The van der Waals surface area contributed by atoms with Crippen molar-refractivity contribution >= 4 is 80.4 Å². The summed E-state index contributed by atoms with van der Waals surface area (Å²) in [4.78, 5) is 67.3. The van der Waals surface area contributed by atoms with Crippen molar-refractivity contribution < 1.29 is 28.7 Å². The number of carbonyl (C=O) groups is 5. The van der Waals surface area contributed by atoms with Gasteiger partial charge in [-0.1, -0.05) is 48.0 Å². The number of rotatable bonds is 11. The van der Waals surface area contributed by atoms with Gasteiger partial charge in [0.2, 0.25) is 11.8 Å². The number of hydrogen-bond acceptors (Lipinski definition) is 9. The molecular formula is C51H47Cl2N11O6. The summed E-state index contributed by atoms with van der Waals surface area (Å²) in [5.41, 5.74) is 9.97. The number of nitrogens with zero attached hydrogens (tertiary/aromatic N) is 7. The summed E-state index contributed by atoms with van der Waals surface area (Å²) in [5.74, 6) is -0.998. The SMILES string of the molecule is C=C(COc1ccc(Cl)cc1NC(=O)NCc1ccc2c(c1)CN(C1CCC(=O)NC1=O)C2=O)C(=O)N1CC2(CC(n3nc(-c4ccc5c(cnn5C)c4)c(-c4c(Cl)c(C)cc5[nH]ncc45)c3C)C2)C1. The van der Waals surface area contributed by atoms with E-state index in [0.29, 0.717) is 40.1 Å². The zero-order valence-corrected chi connectivity index (χ0v) is 40.0. The number of fused-ring (bicyclic) bond motifs is 3. The lowest BCUT2D eigenvalue weighted by atomic mass is 9.60. The predicted molar refractivity (Wildman–Crippen MR) is 263 cm³/mol. The number of benzene rings is 4. The van der Waals surface area contributed by atoms with E-state index in [2.05, 4.69) is 67.6 Å². The highest BCUT2D eigenvalue weighted by Crippen LogP contribution is 2.56. The quantitative estimate of drug-likeness (QED) is 0.0738. The van der Waals surface area contributed by atoms with Crippen molar-refractivity contribution in [3.63, 3.8) is 0 Å². The number of urea groups is 1. The lowest BCUT2D eigenvalue weighted by Crippen LogP contribution is -2.64. The number of H-pyrrole nitrogens is 1. The monoisotopic (exact) mass is 979 g/mol. The number of imide groups is 1. The third kappa shape index (κ3) is 7.82. The van der Waals surface area contributed by atoms with Gasteiger partial charge < -0.3 is 25.2 Å². The fraction of sp³-hybridized carbons (Fsp3) is 0.294. The summed E-state index contributed by atoms with van der Waals surface area (Å²) in [6, 6.07) is 17.2. The van der Waals surface area contributed by atoms with Crippen molar-refractivity contribution in [2.24, 2.45) is 12.5 Å². The fourth-order valence-corrected chi connectivity index (χ4v) is 11.1. The lowest BCUT2D eigenvalue weighted by molar-refractivity contribution is -0.150. The molecule has 4 aromatic carbocycles. The standard InChI is InChI=1S/C51H47Cl2N11O6/c1-26-13-37-36(21-55-59-37)44(45(26)53)43-28(3)64(60-46(43)30-6-9-39-31(15-30)20-56-61(39)4)34-17-51(18-34)24-62(25-51)48(67)27(2)23-70-41-11-7-33(52)16-38(41)57-50(69)54-19-29-5-8-35-32(14-29)22-63(49(35)68)40-10-12-42(65)58-47(40)66/h5-9,11,13-16,20-21,34,40H,2,10,12,17-19,22-25H2,1,3-4H3,(H,55,59)(H2,54,57,69)(H,58,65,66). The van der Waals surface area contributed by atoms with Crippen LogP contribution in [0.25, 0.3) is 44.2 Å². The first-order valence-electron chi connectivity index (χ1n) is 23.0. The molecule has 11 rings (SSSR count). The Labute approximate surface area is 411 Å². The number of amides is 6. The molecule has 0 radical (unpaired) electrons. The number of halogens is 2. The Bertz CT molecular complexity index is 3400. The topological polar surface area (TPSA) is 201 Å². The second-order valence-electron chi connectivity index (χ2n) is 19.0. The molecule has 356 valence electrons. The molecule has 7 aromatic rings. The number of ether oxygens (including phenoxy) is 1. The van der Waals surface area contributed by atoms with Crippen LogP contribution in [0.3, 0.4) is 0 Å². The Morgan fingerprint density at radius 2 is 1.80 bits per heavy atom. The van der Waals surface area contributed by atoms with E-state index in [9.17, 15) is 24.0 Å². The molecule has 3 fully saturated rings. The maximum absolute atomic E-state index is 13.7. The molecule has 2 saturated heterocycles. The second kappa shape index (κ2) is 17.2. The highest BCUT2D eigenvalue weighted by atomic mass is 35.5. The van der Waals surface area contributed by atoms with Crippen LogP contribution < -0.4 is 20.7 Å². The molecule has 70 heavy (non-hydrogen) atoms. The summed E-state index contributed by atoms with van der Waals surface area (Å²) in [6.07, 6.45) is 5.81. The van der Waals surface area contributed by atoms with E-state index in [4.69, 9.17) is 33.0 Å². The van der Waals surface area contributed by atoms with Crippen LogP contribution in [-0.2, 0) is 34.5 Å². The molecule has 6 heterocycles. The Balaban J connectivity index is 0.712. The molecule has 3 aromatic heterocycles. The van der Waals surface area contributed by atoms with Crippen LogP contribution in [0.5, 0.6) is 5.75 Å². The zero-order valence-electron chi connectivity index (χ0n) is 38.5. The Hall–Kier alpha value is -7.50. The zero-order chi connectivity index (χ0) is 48.7. The number of nitrogens with one attached hydrogen (secondary N) is 4. The molecule has 19 heteroatoms. The second-order valence-corrected chi connectivity index (χ2v) is 19.8. The van der Waals surface area contributed by atoms with E-state index < -0.39 is 18.0 Å².